The summed E-state index contributed by atoms with van der Waals surface area (Å²) in [5.74, 6) is 0.298. The topological polar surface area (TPSA) is 76.0 Å². The standard InChI is InChI=1S/C16H24O5/c1-4-20-14-7-6-12(10-15(14)21-5-2)13(17)8-11(3)9-16(18)19/h6-7,10-11,13,17H,4-5,8-9H2,1-3H3,(H,18,19). The van der Waals surface area contributed by atoms with Crippen molar-refractivity contribution in [3.8, 4) is 11.5 Å². The quantitative estimate of drug-likeness (QED) is 0.732. The molecule has 0 bridgehead atoms. The molecule has 0 amide bonds. The molecule has 1 aromatic rings. The van der Waals surface area contributed by atoms with E-state index in [2.05, 4.69) is 0 Å². The molecule has 5 nitrogen and oxygen atoms in total. The molecule has 0 saturated heterocycles. The number of carboxylic acids is 1. The Morgan fingerprint density at radius 2 is 1.81 bits per heavy atom. The molecule has 0 aliphatic rings. The van der Waals surface area contributed by atoms with Gasteiger partial charge in [0.25, 0.3) is 0 Å². The zero-order valence-corrected chi connectivity index (χ0v) is 12.8. The molecule has 0 aliphatic heterocycles. The molecular weight excluding hydrogens is 272 g/mol. The number of aliphatic carboxylic acids is 1. The second-order valence-corrected chi connectivity index (χ2v) is 5.03. The molecule has 1 rings (SSSR count). The van der Waals surface area contributed by atoms with Gasteiger partial charge >= 0.3 is 5.97 Å². The summed E-state index contributed by atoms with van der Waals surface area (Å²) < 4.78 is 11.0. The van der Waals surface area contributed by atoms with Gasteiger partial charge in [-0.05, 0) is 43.9 Å². The van der Waals surface area contributed by atoms with Crippen LogP contribution in [0.5, 0.6) is 11.5 Å². The average molecular weight is 296 g/mol. The number of benzene rings is 1. The summed E-state index contributed by atoms with van der Waals surface area (Å²) in [6.45, 7) is 6.64. The van der Waals surface area contributed by atoms with E-state index in [9.17, 15) is 9.90 Å². The highest BCUT2D eigenvalue weighted by atomic mass is 16.5. The van der Waals surface area contributed by atoms with E-state index >= 15 is 0 Å². The summed E-state index contributed by atoms with van der Waals surface area (Å²) >= 11 is 0. The van der Waals surface area contributed by atoms with Crippen LogP contribution < -0.4 is 9.47 Å². The van der Waals surface area contributed by atoms with E-state index in [0.717, 1.165) is 0 Å². The normalized spacial score (nSPS) is 13.5. The van der Waals surface area contributed by atoms with Crippen molar-refractivity contribution in [2.75, 3.05) is 13.2 Å². The minimum Gasteiger partial charge on any atom is -0.490 e. The molecule has 0 saturated carbocycles. The molecule has 2 N–H and O–H groups in total. The van der Waals surface area contributed by atoms with Crippen LogP contribution in [0.25, 0.3) is 0 Å². The van der Waals surface area contributed by atoms with Crippen LogP contribution in [0.15, 0.2) is 18.2 Å². The zero-order chi connectivity index (χ0) is 15.8. The minimum atomic E-state index is -0.851. The van der Waals surface area contributed by atoms with E-state index in [1.165, 1.54) is 0 Å². The van der Waals surface area contributed by atoms with Gasteiger partial charge in [0.2, 0.25) is 0 Å². The van der Waals surface area contributed by atoms with Crippen LogP contribution in [-0.4, -0.2) is 29.4 Å². The first kappa shape index (κ1) is 17.3. The fourth-order valence-electron chi connectivity index (χ4n) is 2.17. The fraction of sp³-hybridized carbons (Fsp3) is 0.562. The summed E-state index contributed by atoms with van der Waals surface area (Å²) in [4.78, 5) is 10.7. The monoisotopic (exact) mass is 296 g/mol. The van der Waals surface area contributed by atoms with Gasteiger partial charge in [-0.25, -0.2) is 0 Å². The highest BCUT2D eigenvalue weighted by molar-refractivity contribution is 5.66. The van der Waals surface area contributed by atoms with Crippen molar-refractivity contribution >= 4 is 5.97 Å². The second-order valence-electron chi connectivity index (χ2n) is 5.03. The number of hydrogen-bond acceptors (Lipinski definition) is 4. The Balaban J connectivity index is 2.81. The molecule has 2 atom stereocenters. The van der Waals surface area contributed by atoms with Gasteiger partial charge in [-0.3, -0.25) is 4.79 Å². The van der Waals surface area contributed by atoms with Crippen molar-refractivity contribution < 1.29 is 24.5 Å². The molecule has 21 heavy (non-hydrogen) atoms. The summed E-state index contributed by atoms with van der Waals surface area (Å²) in [5.41, 5.74) is 0.708. The number of ether oxygens (including phenoxy) is 2. The third-order valence-corrected chi connectivity index (χ3v) is 3.10. The van der Waals surface area contributed by atoms with Crippen molar-refractivity contribution in [2.45, 2.75) is 39.7 Å². The van der Waals surface area contributed by atoms with E-state index in [0.29, 0.717) is 36.7 Å². The molecule has 0 aromatic heterocycles. The van der Waals surface area contributed by atoms with Crippen LogP contribution in [0.3, 0.4) is 0 Å². The Labute approximate surface area is 125 Å². The molecule has 0 spiro atoms. The van der Waals surface area contributed by atoms with Crippen molar-refractivity contribution in [3.63, 3.8) is 0 Å². The van der Waals surface area contributed by atoms with E-state index in [1.807, 2.05) is 20.8 Å². The highest BCUT2D eigenvalue weighted by Crippen LogP contribution is 2.32. The van der Waals surface area contributed by atoms with Gasteiger partial charge < -0.3 is 19.7 Å². The van der Waals surface area contributed by atoms with Crippen molar-refractivity contribution in [2.24, 2.45) is 5.92 Å². The van der Waals surface area contributed by atoms with Crippen LogP contribution in [0.2, 0.25) is 0 Å². The third-order valence-electron chi connectivity index (χ3n) is 3.10. The van der Waals surface area contributed by atoms with Gasteiger partial charge in [0, 0.05) is 6.42 Å². The predicted molar refractivity (Wildman–Crippen MR) is 79.8 cm³/mol. The van der Waals surface area contributed by atoms with Gasteiger partial charge in [0.1, 0.15) is 0 Å². The third kappa shape index (κ3) is 5.63. The molecular formula is C16H24O5. The maximum absolute atomic E-state index is 10.7. The van der Waals surface area contributed by atoms with Crippen molar-refractivity contribution in [1.82, 2.24) is 0 Å². The first-order valence-corrected chi connectivity index (χ1v) is 7.27. The largest absolute Gasteiger partial charge is 0.490 e. The maximum Gasteiger partial charge on any atom is 0.303 e. The lowest BCUT2D eigenvalue weighted by Crippen LogP contribution is -2.09. The fourth-order valence-corrected chi connectivity index (χ4v) is 2.17. The lowest BCUT2D eigenvalue weighted by molar-refractivity contribution is -0.138. The molecule has 118 valence electrons. The number of rotatable bonds is 9. The summed E-state index contributed by atoms with van der Waals surface area (Å²) in [6.07, 6.45) is -0.271. The Morgan fingerprint density at radius 3 is 2.38 bits per heavy atom. The number of aliphatic hydroxyl groups excluding tert-OH is 1. The van der Waals surface area contributed by atoms with Crippen molar-refractivity contribution in [3.05, 3.63) is 23.8 Å². The first-order chi connectivity index (χ1) is 9.97. The van der Waals surface area contributed by atoms with E-state index in [4.69, 9.17) is 14.6 Å². The van der Waals surface area contributed by atoms with E-state index in [1.54, 1.807) is 18.2 Å². The summed E-state index contributed by atoms with van der Waals surface area (Å²) in [7, 11) is 0. The van der Waals surface area contributed by atoms with Gasteiger partial charge in [-0.1, -0.05) is 13.0 Å². The number of carboxylic acid groups (broad SMARTS) is 1. The lowest BCUT2D eigenvalue weighted by Gasteiger charge is -2.18. The minimum absolute atomic E-state index is 0.0480. The molecule has 0 aliphatic carbocycles. The van der Waals surface area contributed by atoms with Crippen LogP contribution >= 0.6 is 0 Å². The molecule has 0 heterocycles. The molecule has 2 unspecified atom stereocenters. The number of hydrogen-bond donors (Lipinski definition) is 2. The zero-order valence-electron chi connectivity index (χ0n) is 12.8. The Bertz CT molecular complexity index is 458. The smallest absolute Gasteiger partial charge is 0.303 e. The van der Waals surface area contributed by atoms with Gasteiger partial charge in [-0.2, -0.15) is 0 Å². The van der Waals surface area contributed by atoms with E-state index < -0.39 is 12.1 Å². The predicted octanol–water partition coefficient (Wildman–Crippen LogP) is 3.02. The van der Waals surface area contributed by atoms with Crippen LogP contribution in [-0.2, 0) is 4.79 Å². The first-order valence-electron chi connectivity index (χ1n) is 7.27. The molecule has 1 aromatic carbocycles. The SMILES string of the molecule is CCOc1ccc(C(O)CC(C)CC(=O)O)cc1OCC. The Hall–Kier alpha value is -1.75. The van der Waals surface area contributed by atoms with Gasteiger partial charge in [0.05, 0.1) is 19.3 Å². The maximum atomic E-state index is 10.7. The number of aliphatic hydroxyl groups is 1. The summed E-state index contributed by atoms with van der Waals surface area (Å²) in [5, 5.41) is 19.0. The van der Waals surface area contributed by atoms with Crippen LogP contribution in [0.4, 0.5) is 0 Å². The van der Waals surface area contributed by atoms with E-state index in [-0.39, 0.29) is 12.3 Å². The molecule has 5 heteroatoms. The highest BCUT2D eigenvalue weighted by Gasteiger charge is 2.17. The molecule has 0 fully saturated rings. The Kier molecular flexibility index (Phi) is 7.02. The Morgan fingerprint density at radius 1 is 1.19 bits per heavy atom. The summed E-state index contributed by atoms with van der Waals surface area (Å²) in [6, 6.07) is 5.31. The number of carbonyl (C=O) groups is 1. The van der Waals surface area contributed by atoms with Crippen LogP contribution in [0.1, 0.15) is 45.3 Å². The average Bonchev–Trinajstić information content (AvgIpc) is 2.40. The van der Waals surface area contributed by atoms with Gasteiger partial charge in [0.15, 0.2) is 11.5 Å². The van der Waals surface area contributed by atoms with Gasteiger partial charge in [-0.15, -0.1) is 0 Å². The second kappa shape index (κ2) is 8.52. The molecule has 0 radical (unpaired) electrons. The van der Waals surface area contributed by atoms with Crippen LogP contribution in [0, 0.1) is 5.92 Å². The van der Waals surface area contributed by atoms with Crippen molar-refractivity contribution in [1.29, 1.82) is 0 Å². The lowest BCUT2D eigenvalue weighted by atomic mass is 9.95.